The highest BCUT2D eigenvalue weighted by molar-refractivity contribution is 7.89. The van der Waals surface area contributed by atoms with Gasteiger partial charge in [-0.15, -0.1) is 4.83 Å². The summed E-state index contributed by atoms with van der Waals surface area (Å²) in [6.07, 6.45) is 0. The maximum Gasteiger partial charge on any atom is 0.269 e. The maximum absolute atomic E-state index is 12.5. The van der Waals surface area contributed by atoms with E-state index in [4.69, 9.17) is 0 Å². The number of non-ortho nitro benzene ring substituents is 1. The number of sulfonamides is 1. The second-order valence-corrected chi connectivity index (χ2v) is 8.17. The first-order valence-electron chi connectivity index (χ1n) is 8.95. The summed E-state index contributed by atoms with van der Waals surface area (Å²) in [5, 5.41) is 13.8. The fourth-order valence-corrected chi connectivity index (χ4v) is 3.93. The van der Waals surface area contributed by atoms with Gasteiger partial charge in [-0.05, 0) is 23.8 Å². The zero-order valence-corrected chi connectivity index (χ0v) is 16.3. The third-order valence-corrected chi connectivity index (χ3v) is 5.81. The number of rotatable bonds is 5. The molecule has 0 saturated carbocycles. The van der Waals surface area contributed by atoms with Crippen LogP contribution in [0.5, 0.6) is 0 Å². The second-order valence-electron chi connectivity index (χ2n) is 6.48. The molecule has 152 valence electrons. The predicted molar refractivity (Wildman–Crippen MR) is 112 cm³/mol. The first-order chi connectivity index (χ1) is 14.4. The quantitative estimate of drug-likeness (QED) is 0.428. The lowest BCUT2D eigenvalue weighted by atomic mass is 9.97. The smallest absolute Gasteiger partial charge is 0.269 e. The van der Waals surface area contributed by atoms with E-state index >= 15 is 0 Å². The normalized spacial score (nSPS) is 15.5. The largest absolute Gasteiger partial charge is 0.325 e. The Kier molecular flexibility index (Phi) is 5.17. The molecule has 1 aliphatic heterocycles. The van der Waals surface area contributed by atoms with Crippen LogP contribution >= 0.6 is 0 Å². The number of guanidine groups is 1. The van der Waals surface area contributed by atoms with E-state index in [-0.39, 0.29) is 22.6 Å². The van der Waals surface area contributed by atoms with Crippen LogP contribution in [0.3, 0.4) is 0 Å². The predicted octanol–water partition coefficient (Wildman–Crippen LogP) is 2.95. The number of hydrogen-bond donors (Lipinski definition) is 3. The summed E-state index contributed by atoms with van der Waals surface area (Å²) in [5.41, 5.74) is 5.14. The van der Waals surface area contributed by atoms with E-state index in [0.29, 0.717) is 0 Å². The van der Waals surface area contributed by atoms with Gasteiger partial charge in [-0.1, -0.05) is 48.5 Å². The number of nitrogens with zero attached hydrogens (tertiary/aromatic N) is 2. The Balaban J connectivity index is 1.57. The summed E-state index contributed by atoms with van der Waals surface area (Å²) >= 11 is 0. The molecule has 4 rings (SSSR count). The molecule has 30 heavy (non-hydrogen) atoms. The molecule has 0 aromatic heterocycles. The molecular weight excluding hydrogens is 406 g/mol. The summed E-state index contributed by atoms with van der Waals surface area (Å²) in [5.74, 6) is 0.230. The number of nitro benzene ring substituents is 1. The number of hydrogen-bond acceptors (Lipinski definition) is 7. The Bertz CT molecular complexity index is 1210. The van der Waals surface area contributed by atoms with E-state index < -0.39 is 14.9 Å². The minimum Gasteiger partial charge on any atom is -0.325 e. The molecule has 9 nitrogen and oxygen atoms in total. The van der Waals surface area contributed by atoms with Crippen molar-refractivity contribution in [3.05, 3.63) is 100 Å². The standard InChI is InChI=1S/C20H17N5O4S/c26-25(27)15-10-12-16(13-11-15)30(28,29)24-23-20-21-18-9-5-4-8-17(18)19(22-20)14-6-2-1-3-7-14/h1-13,19,24H,(H2,21,22,23). The number of fused-ring (bicyclic) bond motifs is 1. The number of anilines is 1. The molecule has 0 radical (unpaired) electrons. The van der Waals surface area contributed by atoms with Gasteiger partial charge in [0.15, 0.2) is 0 Å². The van der Waals surface area contributed by atoms with Crippen LogP contribution in [-0.2, 0) is 10.0 Å². The summed E-state index contributed by atoms with van der Waals surface area (Å²) in [6.45, 7) is 0. The van der Waals surface area contributed by atoms with E-state index in [1.54, 1.807) is 0 Å². The van der Waals surface area contributed by atoms with E-state index in [9.17, 15) is 18.5 Å². The Hall–Kier alpha value is -3.76. The van der Waals surface area contributed by atoms with Crippen molar-refractivity contribution in [1.82, 2.24) is 10.3 Å². The Morgan fingerprint density at radius 1 is 0.933 bits per heavy atom. The van der Waals surface area contributed by atoms with E-state index in [0.717, 1.165) is 28.9 Å². The molecule has 3 aromatic carbocycles. The van der Waals surface area contributed by atoms with Crippen molar-refractivity contribution in [3.8, 4) is 0 Å². The lowest BCUT2D eigenvalue weighted by molar-refractivity contribution is -0.384. The number of hydrazine groups is 1. The van der Waals surface area contributed by atoms with Gasteiger partial charge in [0.1, 0.15) is 6.04 Å². The Morgan fingerprint density at radius 2 is 1.60 bits per heavy atom. The maximum atomic E-state index is 12.5. The van der Waals surface area contributed by atoms with Crippen molar-refractivity contribution in [2.75, 3.05) is 5.32 Å². The van der Waals surface area contributed by atoms with Gasteiger partial charge in [-0.3, -0.25) is 15.5 Å². The average molecular weight is 423 g/mol. The zero-order chi connectivity index (χ0) is 21.1. The van der Waals surface area contributed by atoms with Gasteiger partial charge in [0.25, 0.3) is 15.7 Å². The van der Waals surface area contributed by atoms with Crippen molar-refractivity contribution in [2.24, 2.45) is 4.99 Å². The highest BCUT2D eigenvalue weighted by Gasteiger charge is 2.24. The highest BCUT2D eigenvalue weighted by Crippen LogP contribution is 2.34. The number of benzene rings is 3. The monoisotopic (exact) mass is 423 g/mol. The van der Waals surface area contributed by atoms with Crippen molar-refractivity contribution < 1.29 is 13.3 Å². The molecule has 1 aliphatic rings. The van der Waals surface area contributed by atoms with Gasteiger partial charge < -0.3 is 5.32 Å². The zero-order valence-electron chi connectivity index (χ0n) is 15.5. The fraction of sp³-hybridized carbons (Fsp3) is 0.0500. The molecule has 0 fully saturated rings. The molecule has 0 spiro atoms. The summed E-state index contributed by atoms with van der Waals surface area (Å²) in [4.78, 5) is 16.9. The molecule has 0 aliphatic carbocycles. The Labute approximate surface area is 172 Å². The van der Waals surface area contributed by atoms with Gasteiger partial charge in [0, 0.05) is 23.4 Å². The Morgan fingerprint density at radius 3 is 2.30 bits per heavy atom. The molecule has 1 atom stereocenters. The van der Waals surface area contributed by atoms with Crippen LogP contribution in [0.25, 0.3) is 0 Å². The van der Waals surface area contributed by atoms with Crippen LogP contribution in [-0.4, -0.2) is 19.3 Å². The van der Waals surface area contributed by atoms with Crippen LogP contribution in [0.2, 0.25) is 0 Å². The van der Waals surface area contributed by atoms with Crippen molar-refractivity contribution >= 4 is 27.4 Å². The first kappa shape index (κ1) is 19.6. The summed E-state index contributed by atoms with van der Waals surface area (Å²) < 4.78 is 25.1. The van der Waals surface area contributed by atoms with Crippen molar-refractivity contribution in [1.29, 1.82) is 0 Å². The molecule has 3 N–H and O–H groups in total. The number of aliphatic imine (C=N–C) groups is 1. The first-order valence-corrected chi connectivity index (χ1v) is 10.4. The average Bonchev–Trinajstić information content (AvgIpc) is 2.78. The van der Waals surface area contributed by atoms with Gasteiger partial charge >= 0.3 is 0 Å². The molecule has 3 aromatic rings. The molecule has 1 heterocycles. The summed E-state index contributed by atoms with van der Waals surface area (Å²) in [7, 11) is -3.97. The molecule has 0 bridgehead atoms. The van der Waals surface area contributed by atoms with Crippen LogP contribution < -0.4 is 15.6 Å². The van der Waals surface area contributed by atoms with Crippen molar-refractivity contribution in [2.45, 2.75) is 10.9 Å². The second kappa shape index (κ2) is 7.93. The van der Waals surface area contributed by atoms with Crippen LogP contribution in [0, 0.1) is 10.1 Å². The molecule has 10 heteroatoms. The van der Waals surface area contributed by atoms with Gasteiger partial charge in [-0.25, -0.2) is 13.4 Å². The SMILES string of the molecule is O=[N+]([O-])c1ccc(S(=O)(=O)NNC2=NC(c3ccccc3)c3ccccc3N2)cc1. The third-order valence-electron chi connectivity index (χ3n) is 4.54. The minimum atomic E-state index is -3.97. The van der Waals surface area contributed by atoms with Gasteiger partial charge in [-0.2, -0.15) is 0 Å². The van der Waals surface area contributed by atoms with E-state index in [1.165, 1.54) is 12.1 Å². The molecule has 0 saturated heterocycles. The highest BCUT2D eigenvalue weighted by atomic mass is 32.2. The fourth-order valence-electron chi connectivity index (χ4n) is 3.08. The third kappa shape index (κ3) is 4.00. The number of nitrogens with one attached hydrogen (secondary N) is 3. The summed E-state index contributed by atoms with van der Waals surface area (Å²) in [6, 6.07) is 21.6. The lowest BCUT2D eigenvalue weighted by Crippen LogP contribution is -2.46. The number of para-hydroxylation sites is 1. The molecular formula is C20H17N5O4S. The topological polar surface area (TPSA) is 126 Å². The van der Waals surface area contributed by atoms with Crippen LogP contribution in [0.1, 0.15) is 17.2 Å². The number of nitro groups is 1. The van der Waals surface area contributed by atoms with E-state index in [2.05, 4.69) is 20.6 Å². The van der Waals surface area contributed by atoms with E-state index in [1.807, 2.05) is 54.6 Å². The minimum absolute atomic E-state index is 0.114. The van der Waals surface area contributed by atoms with Gasteiger partial charge in [0.2, 0.25) is 5.96 Å². The molecule has 0 amide bonds. The molecule has 1 unspecified atom stereocenters. The van der Waals surface area contributed by atoms with Crippen LogP contribution in [0.4, 0.5) is 11.4 Å². The van der Waals surface area contributed by atoms with Gasteiger partial charge in [0.05, 0.1) is 9.82 Å². The lowest BCUT2D eigenvalue weighted by Gasteiger charge is -2.26. The van der Waals surface area contributed by atoms with Crippen LogP contribution in [0.15, 0.2) is 88.8 Å². The van der Waals surface area contributed by atoms with Crippen molar-refractivity contribution in [3.63, 3.8) is 0 Å².